The van der Waals surface area contributed by atoms with Crippen LogP contribution in [0.4, 0.5) is 4.79 Å². The van der Waals surface area contributed by atoms with Gasteiger partial charge in [0.2, 0.25) is 0 Å². The van der Waals surface area contributed by atoms with Gasteiger partial charge in [-0.05, 0) is 12.5 Å². The summed E-state index contributed by atoms with van der Waals surface area (Å²) >= 11 is 0. The summed E-state index contributed by atoms with van der Waals surface area (Å²) in [5.74, 6) is 0. The number of carboxylic acid groups (broad SMARTS) is 1. The fraction of sp³-hybridized carbons (Fsp3) is 0.800. The van der Waals surface area contributed by atoms with Gasteiger partial charge in [-0.1, -0.05) is 5.11 Å². The number of hydrogen-bond donors (Lipinski definition) is 3. The van der Waals surface area contributed by atoms with Crippen molar-refractivity contribution in [3.05, 3.63) is 10.4 Å². The summed E-state index contributed by atoms with van der Waals surface area (Å²) < 4.78 is 0. The molecule has 2 unspecified atom stereocenters. The molecule has 0 bridgehead atoms. The molecule has 0 aromatic heterocycles. The molecule has 0 aromatic rings. The van der Waals surface area contributed by atoms with E-state index in [1.165, 1.54) is 6.92 Å². The van der Waals surface area contributed by atoms with Gasteiger partial charge < -0.3 is 15.5 Å². The maximum absolute atomic E-state index is 10.1. The minimum absolute atomic E-state index is 0.141. The molecular formula is C5H10N4O3. The molecule has 0 fully saturated rings. The fourth-order valence-electron chi connectivity index (χ4n) is 0.569. The lowest BCUT2D eigenvalue weighted by molar-refractivity contribution is 0.132. The molecule has 0 aliphatic rings. The first-order valence-corrected chi connectivity index (χ1v) is 3.26. The zero-order valence-corrected chi connectivity index (χ0v) is 6.51. The number of nitrogens with one attached hydrogen (secondary N) is 1. The minimum atomic E-state index is -1.22. The van der Waals surface area contributed by atoms with Crippen molar-refractivity contribution in [2.45, 2.75) is 19.1 Å². The molecule has 7 nitrogen and oxygen atoms in total. The lowest BCUT2D eigenvalue weighted by Gasteiger charge is -2.15. The number of aliphatic hydroxyl groups excluding tert-OH is 1. The van der Waals surface area contributed by atoms with Crippen molar-refractivity contribution in [3.63, 3.8) is 0 Å². The Morgan fingerprint density at radius 2 is 2.42 bits per heavy atom. The highest BCUT2D eigenvalue weighted by Gasteiger charge is 2.14. The van der Waals surface area contributed by atoms with Gasteiger partial charge in [0, 0.05) is 4.91 Å². The topological polar surface area (TPSA) is 118 Å². The summed E-state index contributed by atoms with van der Waals surface area (Å²) in [6.45, 7) is 1.34. The monoisotopic (exact) mass is 174 g/mol. The quantitative estimate of drug-likeness (QED) is 0.323. The highest BCUT2D eigenvalue weighted by molar-refractivity contribution is 5.64. The van der Waals surface area contributed by atoms with Crippen LogP contribution in [0.2, 0.25) is 0 Å². The molecule has 0 heterocycles. The molecule has 68 valence electrons. The van der Waals surface area contributed by atoms with E-state index in [1.54, 1.807) is 0 Å². The SMILES string of the molecule is CC(NC(=O)O)C(O)CN=[N+]=[N-]. The van der Waals surface area contributed by atoms with Gasteiger partial charge in [-0.25, -0.2) is 4.79 Å². The summed E-state index contributed by atoms with van der Waals surface area (Å²) in [5.41, 5.74) is 7.89. The Morgan fingerprint density at radius 3 is 2.83 bits per heavy atom. The van der Waals surface area contributed by atoms with Gasteiger partial charge in [-0.3, -0.25) is 0 Å². The van der Waals surface area contributed by atoms with E-state index in [4.69, 9.17) is 15.7 Å². The Bertz CT molecular complexity index is 193. The van der Waals surface area contributed by atoms with Crippen LogP contribution in [0.15, 0.2) is 5.11 Å². The Morgan fingerprint density at radius 1 is 1.83 bits per heavy atom. The Labute approximate surface area is 68.6 Å². The maximum atomic E-state index is 10.1. The van der Waals surface area contributed by atoms with E-state index in [-0.39, 0.29) is 6.54 Å². The van der Waals surface area contributed by atoms with Crippen LogP contribution in [-0.4, -0.2) is 35.0 Å². The zero-order chi connectivity index (χ0) is 9.56. The number of carbonyl (C=O) groups is 1. The predicted molar refractivity (Wildman–Crippen MR) is 40.6 cm³/mol. The van der Waals surface area contributed by atoms with E-state index in [0.29, 0.717) is 0 Å². The molecule has 0 radical (unpaired) electrons. The first-order chi connectivity index (χ1) is 5.57. The molecule has 0 rings (SSSR count). The van der Waals surface area contributed by atoms with Crippen molar-refractivity contribution in [3.8, 4) is 0 Å². The highest BCUT2D eigenvalue weighted by atomic mass is 16.4. The molecule has 0 saturated heterocycles. The third-order valence-electron chi connectivity index (χ3n) is 1.26. The van der Waals surface area contributed by atoms with Gasteiger partial charge >= 0.3 is 6.09 Å². The molecular weight excluding hydrogens is 164 g/mol. The second-order valence-electron chi connectivity index (χ2n) is 2.22. The zero-order valence-electron chi connectivity index (χ0n) is 6.51. The van der Waals surface area contributed by atoms with Gasteiger partial charge in [0.1, 0.15) is 0 Å². The van der Waals surface area contributed by atoms with Crippen LogP contribution < -0.4 is 5.32 Å². The molecule has 7 heteroatoms. The van der Waals surface area contributed by atoms with Crippen molar-refractivity contribution in [1.82, 2.24) is 5.32 Å². The Kier molecular flexibility index (Phi) is 4.59. The lowest BCUT2D eigenvalue weighted by atomic mass is 10.2. The number of nitrogens with zero attached hydrogens (tertiary/aromatic N) is 3. The molecule has 12 heavy (non-hydrogen) atoms. The summed E-state index contributed by atoms with van der Waals surface area (Å²) in [7, 11) is 0. The molecule has 0 spiro atoms. The number of amides is 1. The third kappa shape index (κ3) is 4.37. The second kappa shape index (κ2) is 5.22. The average Bonchev–Trinajstić information content (AvgIpc) is 1.98. The van der Waals surface area contributed by atoms with E-state index in [9.17, 15) is 4.79 Å². The molecule has 0 aliphatic carbocycles. The van der Waals surface area contributed by atoms with Crippen molar-refractivity contribution in [2.24, 2.45) is 5.11 Å². The molecule has 1 amide bonds. The highest BCUT2D eigenvalue weighted by Crippen LogP contribution is 1.93. The molecule has 0 aliphatic heterocycles. The van der Waals surface area contributed by atoms with Crippen LogP contribution in [0.25, 0.3) is 10.4 Å². The Balaban J connectivity index is 3.83. The van der Waals surface area contributed by atoms with Crippen molar-refractivity contribution in [1.29, 1.82) is 0 Å². The minimum Gasteiger partial charge on any atom is -0.465 e. The molecule has 2 atom stereocenters. The molecule has 3 N–H and O–H groups in total. The maximum Gasteiger partial charge on any atom is 0.404 e. The van der Waals surface area contributed by atoms with E-state index >= 15 is 0 Å². The number of rotatable bonds is 4. The Hall–Kier alpha value is -1.46. The van der Waals surface area contributed by atoms with Crippen LogP contribution in [-0.2, 0) is 0 Å². The van der Waals surface area contributed by atoms with Gasteiger partial charge in [0.15, 0.2) is 0 Å². The van der Waals surface area contributed by atoms with Gasteiger partial charge in [-0.2, -0.15) is 0 Å². The third-order valence-corrected chi connectivity index (χ3v) is 1.26. The first kappa shape index (κ1) is 10.5. The van der Waals surface area contributed by atoms with E-state index in [0.717, 1.165) is 0 Å². The standard InChI is InChI=1S/C5H10N4O3/c1-3(8-5(11)12)4(10)2-7-9-6/h3-4,8,10H,2H2,1H3,(H,11,12). The normalized spacial score (nSPS) is 14.2. The number of azide groups is 1. The smallest absolute Gasteiger partial charge is 0.404 e. The van der Waals surface area contributed by atoms with Crippen molar-refractivity contribution in [2.75, 3.05) is 6.54 Å². The van der Waals surface area contributed by atoms with Crippen molar-refractivity contribution >= 4 is 6.09 Å². The summed E-state index contributed by atoms with van der Waals surface area (Å²) in [5, 5.41) is 22.5. The van der Waals surface area contributed by atoms with Gasteiger partial charge in [0.05, 0.1) is 18.7 Å². The van der Waals surface area contributed by atoms with Gasteiger partial charge in [-0.15, -0.1) is 0 Å². The first-order valence-electron chi connectivity index (χ1n) is 3.26. The van der Waals surface area contributed by atoms with Crippen molar-refractivity contribution < 1.29 is 15.0 Å². The summed E-state index contributed by atoms with van der Waals surface area (Å²) in [6.07, 6.45) is -2.21. The summed E-state index contributed by atoms with van der Waals surface area (Å²) in [6, 6.07) is -0.645. The summed E-state index contributed by atoms with van der Waals surface area (Å²) in [4.78, 5) is 12.5. The lowest BCUT2D eigenvalue weighted by Crippen LogP contribution is -2.41. The number of hydrogen-bond acceptors (Lipinski definition) is 3. The average molecular weight is 174 g/mol. The van der Waals surface area contributed by atoms with Crippen LogP contribution >= 0.6 is 0 Å². The largest absolute Gasteiger partial charge is 0.465 e. The van der Waals surface area contributed by atoms with Gasteiger partial charge in [0.25, 0.3) is 0 Å². The van der Waals surface area contributed by atoms with Crippen LogP contribution in [0.5, 0.6) is 0 Å². The fourth-order valence-corrected chi connectivity index (χ4v) is 0.569. The van der Waals surface area contributed by atoms with E-state index < -0.39 is 18.2 Å². The molecule has 0 saturated carbocycles. The van der Waals surface area contributed by atoms with Crippen LogP contribution in [0, 0.1) is 0 Å². The van der Waals surface area contributed by atoms with E-state index in [1.807, 2.05) is 5.32 Å². The number of aliphatic hydroxyl groups is 1. The van der Waals surface area contributed by atoms with Crippen LogP contribution in [0.3, 0.4) is 0 Å². The second-order valence-corrected chi connectivity index (χ2v) is 2.22. The predicted octanol–water partition coefficient (Wildman–Crippen LogP) is 0.314. The van der Waals surface area contributed by atoms with Crippen LogP contribution in [0.1, 0.15) is 6.92 Å². The van der Waals surface area contributed by atoms with E-state index in [2.05, 4.69) is 10.0 Å². The molecule has 0 aromatic carbocycles.